The molecule has 6 nitrogen and oxygen atoms in total. The van der Waals surface area contributed by atoms with Crippen LogP contribution in [0.15, 0.2) is 0 Å². The summed E-state index contributed by atoms with van der Waals surface area (Å²) in [5, 5.41) is 3.80. The lowest BCUT2D eigenvalue weighted by Gasteiger charge is -2.32. The lowest BCUT2D eigenvalue weighted by molar-refractivity contribution is -0.122. The third kappa shape index (κ3) is 6.46. The predicted molar refractivity (Wildman–Crippen MR) is 92.4 cm³/mol. The fraction of sp³-hybridized carbons (Fsp3) is 0.867. The Hall–Kier alpha value is -0.920. The van der Waals surface area contributed by atoms with Gasteiger partial charge in [0.1, 0.15) is 0 Å². The minimum absolute atomic E-state index is 0.00766. The van der Waals surface area contributed by atoms with Crippen molar-refractivity contribution in [2.75, 3.05) is 39.8 Å². The Bertz CT molecular complexity index is 365. The van der Waals surface area contributed by atoms with E-state index in [1.54, 1.807) is 0 Å². The summed E-state index contributed by atoms with van der Waals surface area (Å²) in [7, 11) is 2.13. The van der Waals surface area contributed by atoms with E-state index in [9.17, 15) is 4.79 Å². The molecule has 1 aliphatic carbocycles. The average Bonchev–Trinajstić information content (AvgIpc) is 2.53. The van der Waals surface area contributed by atoms with Crippen LogP contribution < -0.4 is 16.2 Å². The first-order valence-electron chi connectivity index (χ1n) is 8.40. The highest BCUT2D eigenvalue weighted by Crippen LogP contribution is 2.17. The Labute approximate surface area is 138 Å². The van der Waals surface area contributed by atoms with E-state index in [2.05, 4.69) is 33.0 Å². The number of carbonyl (C=O) groups is 1. The molecule has 1 amide bonds. The molecule has 22 heavy (non-hydrogen) atoms. The van der Waals surface area contributed by atoms with Gasteiger partial charge in [-0.15, -0.1) is 0 Å². The van der Waals surface area contributed by atoms with Crippen LogP contribution in [0.2, 0.25) is 0 Å². The molecule has 0 aromatic rings. The van der Waals surface area contributed by atoms with Gasteiger partial charge < -0.3 is 15.1 Å². The zero-order valence-corrected chi connectivity index (χ0v) is 14.4. The number of amides is 1. The van der Waals surface area contributed by atoms with Gasteiger partial charge in [0.05, 0.1) is 0 Å². The highest BCUT2D eigenvalue weighted by atomic mass is 32.1. The van der Waals surface area contributed by atoms with Gasteiger partial charge in [-0.25, -0.2) is 0 Å². The van der Waals surface area contributed by atoms with Gasteiger partial charge in [0, 0.05) is 45.2 Å². The highest BCUT2D eigenvalue weighted by Gasteiger charge is 2.16. The molecule has 2 aliphatic rings. The van der Waals surface area contributed by atoms with Crippen molar-refractivity contribution in [1.82, 2.24) is 26.0 Å². The van der Waals surface area contributed by atoms with E-state index in [0.29, 0.717) is 17.6 Å². The molecule has 0 aromatic carbocycles. The fourth-order valence-corrected chi connectivity index (χ4v) is 3.21. The smallest absolute Gasteiger partial charge is 0.239 e. The largest absolute Gasteiger partial charge is 0.359 e. The van der Waals surface area contributed by atoms with Crippen molar-refractivity contribution in [3.05, 3.63) is 0 Å². The summed E-state index contributed by atoms with van der Waals surface area (Å²) >= 11 is 5.22. The van der Waals surface area contributed by atoms with Crippen molar-refractivity contribution in [2.24, 2.45) is 0 Å². The molecule has 0 bridgehead atoms. The molecule has 126 valence electrons. The summed E-state index contributed by atoms with van der Waals surface area (Å²) < 4.78 is 0. The number of nitrogens with one attached hydrogen (secondary N) is 3. The molecular weight excluding hydrogens is 298 g/mol. The van der Waals surface area contributed by atoms with Gasteiger partial charge in [-0.3, -0.25) is 15.6 Å². The number of rotatable bonds is 4. The van der Waals surface area contributed by atoms with Gasteiger partial charge >= 0.3 is 0 Å². The molecule has 1 aliphatic heterocycles. The second-order valence-electron chi connectivity index (χ2n) is 6.38. The minimum Gasteiger partial charge on any atom is -0.359 e. The quantitative estimate of drug-likeness (QED) is 0.515. The van der Waals surface area contributed by atoms with E-state index in [4.69, 9.17) is 12.2 Å². The summed E-state index contributed by atoms with van der Waals surface area (Å²) in [6, 6.07) is 0.455. The third-order valence-corrected chi connectivity index (χ3v) is 4.73. The summed E-state index contributed by atoms with van der Waals surface area (Å²) in [5.41, 5.74) is 5.51. The molecule has 0 radical (unpaired) electrons. The van der Waals surface area contributed by atoms with E-state index in [1.165, 1.54) is 32.1 Å². The molecule has 1 saturated heterocycles. The Balaban J connectivity index is 1.54. The van der Waals surface area contributed by atoms with Gasteiger partial charge in [-0.1, -0.05) is 19.3 Å². The molecule has 0 atom stereocenters. The number of piperazine rings is 1. The van der Waals surface area contributed by atoms with Crippen molar-refractivity contribution >= 4 is 23.2 Å². The first-order chi connectivity index (χ1) is 10.6. The Morgan fingerprint density at radius 1 is 1.09 bits per heavy atom. The van der Waals surface area contributed by atoms with Crippen molar-refractivity contribution in [1.29, 1.82) is 0 Å². The number of hydrogen-bond acceptors (Lipinski definition) is 4. The van der Waals surface area contributed by atoms with Crippen LogP contribution in [0.25, 0.3) is 0 Å². The van der Waals surface area contributed by atoms with E-state index < -0.39 is 0 Å². The molecule has 0 spiro atoms. The lowest BCUT2D eigenvalue weighted by Crippen LogP contribution is -2.51. The van der Waals surface area contributed by atoms with Gasteiger partial charge in [0.2, 0.25) is 5.91 Å². The van der Waals surface area contributed by atoms with Crippen molar-refractivity contribution in [3.8, 4) is 0 Å². The van der Waals surface area contributed by atoms with Crippen LogP contribution >= 0.6 is 12.2 Å². The topological polar surface area (TPSA) is 59.6 Å². The molecule has 1 saturated carbocycles. The van der Waals surface area contributed by atoms with E-state index in [0.717, 1.165) is 32.7 Å². The Morgan fingerprint density at radius 3 is 2.45 bits per heavy atom. The van der Waals surface area contributed by atoms with Gasteiger partial charge in [-0.2, -0.15) is 0 Å². The molecule has 2 fully saturated rings. The predicted octanol–water partition coefficient (Wildman–Crippen LogP) is 0.452. The first kappa shape index (κ1) is 17.4. The summed E-state index contributed by atoms with van der Waals surface area (Å²) in [6.07, 6.45) is 6.68. The van der Waals surface area contributed by atoms with Gasteiger partial charge in [0.15, 0.2) is 5.11 Å². The maximum absolute atomic E-state index is 11.8. The van der Waals surface area contributed by atoms with Crippen LogP contribution in [0.3, 0.4) is 0 Å². The third-order valence-electron chi connectivity index (χ3n) is 4.51. The SMILES string of the molecule is CN1CCN(CCC(=O)NNC(=S)NC2CCCCC2)CC1. The first-order valence-corrected chi connectivity index (χ1v) is 8.80. The Kier molecular flexibility index (Phi) is 7.35. The zero-order valence-electron chi connectivity index (χ0n) is 13.6. The summed E-state index contributed by atoms with van der Waals surface area (Å²) in [4.78, 5) is 16.5. The van der Waals surface area contributed by atoms with Crippen LogP contribution in [0.5, 0.6) is 0 Å². The van der Waals surface area contributed by atoms with E-state index in [-0.39, 0.29) is 5.91 Å². The van der Waals surface area contributed by atoms with Crippen LogP contribution in [-0.4, -0.2) is 66.6 Å². The highest BCUT2D eigenvalue weighted by molar-refractivity contribution is 7.80. The second-order valence-corrected chi connectivity index (χ2v) is 6.78. The van der Waals surface area contributed by atoms with Crippen molar-refractivity contribution in [3.63, 3.8) is 0 Å². The van der Waals surface area contributed by atoms with Gasteiger partial charge in [-0.05, 0) is 32.1 Å². The van der Waals surface area contributed by atoms with Crippen LogP contribution in [-0.2, 0) is 4.79 Å². The van der Waals surface area contributed by atoms with Crippen LogP contribution in [0.1, 0.15) is 38.5 Å². The average molecular weight is 327 g/mol. The fourth-order valence-electron chi connectivity index (χ4n) is 2.99. The van der Waals surface area contributed by atoms with E-state index in [1.807, 2.05) is 0 Å². The van der Waals surface area contributed by atoms with Crippen LogP contribution in [0.4, 0.5) is 0 Å². The number of carbonyl (C=O) groups excluding carboxylic acids is 1. The number of hydrogen-bond donors (Lipinski definition) is 3. The maximum Gasteiger partial charge on any atom is 0.239 e. The van der Waals surface area contributed by atoms with E-state index >= 15 is 0 Å². The summed E-state index contributed by atoms with van der Waals surface area (Å²) in [6.45, 7) is 5.05. The molecule has 7 heteroatoms. The molecule has 2 rings (SSSR count). The molecule has 1 heterocycles. The number of nitrogens with zero attached hydrogens (tertiary/aromatic N) is 2. The lowest BCUT2D eigenvalue weighted by atomic mass is 9.96. The number of hydrazine groups is 1. The molecular formula is C15H29N5OS. The van der Waals surface area contributed by atoms with Crippen molar-refractivity contribution < 1.29 is 4.79 Å². The number of likely N-dealkylation sites (N-methyl/N-ethyl adjacent to an activating group) is 1. The zero-order chi connectivity index (χ0) is 15.8. The minimum atomic E-state index is -0.00766. The monoisotopic (exact) mass is 327 g/mol. The molecule has 0 aromatic heterocycles. The standard InChI is InChI=1S/C15H29N5OS/c1-19-9-11-20(12-10-19)8-7-14(21)17-18-15(22)16-13-5-3-2-4-6-13/h13H,2-12H2,1H3,(H,17,21)(H2,16,18,22). The van der Waals surface area contributed by atoms with Crippen LogP contribution in [0, 0.1) is 0 Å². The molecule has 3 N–H and O–H groups in total. The normalized spacial score (nSPS) is 21.3. The Morgan fingerprint density at radius 2 is 1.77 bits per heavy atom. The molecule has 0 unspecified atom stereocenters. The number of thiocarbonyl (C=S) groups is 1. The van der Waals surface area contributed by atoms with Gasteiger partial charge in [0.25, 0.3) is 0 Å². The van der Waals surface area contributed by atoms with Crippen molar-refractivity contribution in [2.45, 2.75) is 44.6 Å². The second kappa shape index (κ2) is 9.27. The maximum atomic E-state index is 11.8. The summed E-state index contributed by atoms with van der Waals surface area (Å²) in [5.74, 6) is -0.00766.